The highest BCUT2D eigenvalue weighted by Crippen LogP contribution is 2.12. The summed E-state index contributed by atoms with van der Waals surface area (Å²) in [4.78, 5) is 17.1. The van der Waals surface area contributed by atoms with Gasteiger partial charge >= 0.3 is 0 Å². The first-order valence-electron chi connectivity index (χ1n) is 6.85. The van der Waals surface area contributed by atoms with Crippen LogP contribution in [0.5, 0.6) is 0 Å². The van der Waals surface area contributed by atoms with E-state index in [1.54, 1.807) is 49.1 Å². The van der Waals surface area contributed by atoms with Crippen molar-refractivity contribution in [1.29, 1.82) is 0 Å². The fourth-order valence-electron chi connectivity index (χ4n) is 2.11. The minimum atomic E-state index is -1.12. The van der Waals surface area contributed by atoms with Crippen LogP contribution in [0.15, 0.2) is 53.8 Å². The minimum Gasteiger partial charge on any atom is -0.378 e. The second-order valence-electron chi connectivity index (χ2n) is 5.47. The van der Waals surface area contributed by atoms with Gasteiger partial charge in [-0.15, -0.1) is 0 Å². The Morgan fingerprint density at radius 2 is 1.91 bits per heavy atom. The zero-order valence-electron chi connectivity index (χ0n) is 12.3. The van der Waals surface area contributed by atoms with Crippen molar-refractivity contribution in [2.45, 2.75) is 19.4 Å². The van der Waals surface area contributed by atoms with Gasteiger partial charge in [0.2, 0.25) is 0 Å². The van der Waals surface area contributed by atoms with Crippen LogP contribution in [-0.4, -0.2) is 25.0 Å². The molecule has 0 saturated carbocycles. The topological polar surface area (TPSA) is 60.1 Å². The summed E-state index contributed by atoms with van der Waals surface area (Å²) in [6.07, 6.45) is 5.01. The molecule has 0 fully saturated rings. The second-order valence-corrected chi connectivity index (χ2v) is 5.47. The molecule has 1 aromatic carbocycles. The lowest BCUT2D eigenvalue weighted by atomic mass is 10.1. The minimum absolute atomic E-state index is 0.207. The smallest absolute Gasteiger partial charge is 0.281 e. The largest absolute Gasteiger partial charge is 0.378 e. The average Bonchev–Trinajstić information content (AvgIpc) is 2.98. The summed E-state index contributed by atoms with van der Waals surface area (Å²) in [6.45, 7) is 3.20. The highest BCUT2D eigenvalue weighted by atomic mass is 16.3. The van der Waals surface area contributed by atoms with Crippen molar-refractivity contribution in [3.63, 3.8) is 0 Å². The van der Waals surface area contributed by atoms with E-state index in [0.29, 0.717) is 16.5 Å². The molecule has 3 rings (SSSR count). The van der Waals surface area contributed by atoms with Gasteiger partial charge in [0.25, 0.3) is 5.56 Å². The van der Waals surface area contributed by atoms with Crippen LogP contribution in [0.4, 0.5) is 0 Å². The molecule has 0 amide bonds. The SMILES string of the molecule is CC(C)(O)C#Cc1cccc2ncn(-n3cccc3)c(=O)c12. The molecule has 0 aliphatic carbocycles. The fourth-order valence-corrected chi connectivity index (χ4v) is 2.11. The first kappa shape index (κ1) is 14.1. The van der Waals surface area contributed by atoms with E-state index in [4.69, 9.17) is 0 Å². The van der Waals surface area contributed by atoms with Crippen molar-refractivity contribution in [3.05, 3.63) is 65.0 Å². The summed E-state index contributed by atoms with van der Waals surface area (Å²) in [7, 11) is 0. The number of hydrogen-bond acceptors (Lipinski definition) is 3. The molecule has 3 aromatic rings. The van der Waals surface area contributed by atoms with Crippen LogP contribution >= 0.6 is 0 Å². The molecule has 0 unspecified atom stereocenters. The Kier molecular flexibility index (Phi) is 3.32. The predicted octanol–water partition coefficient (Wildman–Crippen LogP) is 1.63. The van der Waals surface area contributed by atoms with Crippen molar-refractivity contribution in [2.75, 3.05) is 0 Å². The molecule has 0 atom stereocenters. The van der Waals surface area contributed by atoms with E-state index < -0.39 is 5.60 Å². The lowest BCUT2D eigenvalue weighted by Gasteiger charge is -2.09. The van der Waals surface area contributed by atoms with Crippen LogP contribution < -0.4 is 5.56 Å². The van der Waals surface area contributed by atoms with E-state index in [-0.39, 0.29) is 5.56 Å². The quantitative estimate of drug-likeness (QED) is 0.694. The fraction of sp³-hybridized carbons (Fsp3) is 0.176. The van der Waals surface area contributed by atoms with Crippen LogP contribution in [0.3, 0.4) is 0 Å². The van der Waals surface area contributed by atoms with E-state index >= 15 is 0 Å². The van der Waals surface area contributed by atoms with E-state index in [9.17, 15) is 9.90 Å². The maximum absolute atomic E-state index is 12.7. The van der Waals surface area contributed by atoms with Crippen molar-refractivity contribution < 1.29 is 5.11 Å². The average molecular weight is 293 g/mol. The Balaban J connectivity index is 2.28. The Labute approximate surface area is 127 Å². The van der Waals surface area contributed by atoms with Crippen LogP contribution in [-0.2, 0) is 0 Å². The van der Waals surface area contributed by atoms with E-state index in [1.165, 1.54) is 11.0 Å². The Morgan fingerprint density at radius 1 is 1.18 bits per heavy atom. The van der Waals surface area contributed by atoms with Crippen molar-refractivity contribution in [3.8, 4) is 11.8 Å². The first-order valence-corrected chi connectivity index (χ1v) is 6.85. The van der Waals surface area contributed by atoms with Crippen molar-refractivity contribution in [2.24, 2.45) is 0 Å². The lowest BCUT2D eigenvalue weighted by Crippen LogP contribution is -2.25. The predicted molar refractivity (Wildman–Crippen MR) is 84.4 cm³/mol. The summed E-state index contributed by atoms with van der Waals surface area (Å²) in [5, 5.41) is 10.2. The number of fused-ring (bicyclic) bond motifs is 1. The first-order chi connectivity index (χ1) is 10.5. The van der Waals surface area contributed by atoms with Crippen LogP contribution in [0.25, 0.3) is 10.9 Å². The molecule has 110 valence electrons. The standard InChI is InChI=1S/C17H15N3O2/c1-17(2,22)9-8-13-6-5-7-14-15(13)16(21)20(12-18-14)19-10-3-4-11-19/h3-7,10-12,22H,1-2H3. The molecule has 2 heterocycles. The van der Waals surface area contributed by atoms with Gasteiger partial charge in [0.1, 0.15) is 11.9 Å². The summed E-state index contributed by atoms with van der Waals surface area (Å²) in [5.74, 6) is 5.61. The van der Waals surface area contributed by atoms with E-state index in [2.05, 4.69) is 16.8 Å². The molecule has 2 aromatic heterocycles. The maximum Gasteiger partial charge on any atom is 0.281 e. The molecule has 0 saturated heterocycles. The summed E-state index contributed by atoms with van der Waals surface area (Å²) < 4.78 is 3.06. The zero-order valence-corrected chi connectivity index (χ0v) is 12.3. The van der Waals surface area contributed by atoms with Gasteiger partial charge < -0.3 is 5.11 Å². The second kappa shape index (κ2) is 5.17. The number of benzene rings is 1. The molecule has 5 heteroatoms. The number of rotatable bonds is 1. The number of aromatic nitrogens is 3. The summed E-state index contributed by atoms with van der Waals surface area (Å²) >= 11 is 0. The van der Waals surface area contributed by atoms with Gasteiger partial charge in [-0.1, -0.05) is 17.9 Å². The van der Waals surface area contributed by atoms with Gasteiger partial charge in [-0.25, -0.2) is 9.66 Å². The molecule has 0 spiro atoms. The van der Waals surface area contributed by atoms with Crippen molar-refractivity contribution >= 4 is 10.9 Å². The van der Waals surface area contributed by atoms with Gasteiger partial charge in [0.15, 0.2) is 0 Å². The lowest BCUT2D eigenvalue weighted by molar-refractivity contribution is 0.143. The maximum atomic E-state index is 12.7. The molecule has 0 bridgehead atoms. The van der Waals surface area contributed by atoms with Crippen LogP contribution in [0.2, 0.25) is 0 Å². The molecule has 0 aliphatic heterocycles. The van der Waals surface area contributed by atoms with E-state index in [1.807, 2.05) is 12.1 Å². The Morgan fingerprint density at radius 3 is 2.59 bits per heavy atom. The van der Waals surface area contributed by atoms with E-state index in [0.717, 1.165) is 0 Å². The molecular formula is C17H15N3O2. The number of aliphatic hydroxyl groups is 1. The monoisotopic (exact) mass is 293 g/mol. The molecule has 22 heavy (non-hydrogen) atoms. The Hall–Kier alpha value is -2.84. The number of hydrogen-bond donors (Lipinski definition) is 1. The van der Waals surface area contributed by atoms with Gasteiger partial charge in [0, 0.05) is 18.0 Å². The van der Waals surface area contributed by atoms with Gasteiger partial charge in [-0.2, -0.15) is 0 Å². The van der Waals surface area contributed by atoms with Gasteiger partial charge in [0.05, 0.1) is 10.9 Å². The third kappa shape index (κ3) is 2.65. The van der Waals surface area contributed by atoms with Crippen LogP contribution in [0, 0.1) is 11.8 Å². The normalized spacial score (nSPS) is 11.2. The molecule has 0 aliphatic rings. The highest BCUT2D eigenvalue weighted by molar-refractivity contribution is 5.84. The van der Waals surface area contributed by atoms with Gasteiger partial charge in [-0.3, -0.25) is 9.47 Å². The molecule has 0 radical (unpaired) electrons. The highest BCUT2D eigenvalue weighted by Gasteiger charge is 2.10. The van der Waals surface area contributed by atoms with Gasteiger partial charge in [-0.05, 0) is 38.1 Å². The summed E-state index contributed by atoms with van der Waals surface area (Å²) in [5.41, 5.74) is -0.194. The molecule has 5 nitrogen and oxygen atoms in total. The number of nitrogens with zero attached hydrogens (tertiary/aromatic N) is 3. The molecular weight excluding hydrogens is 278 g/mol. The Bertz CT molecular complexity index is 936. The van der Waals surface area contributed by atoms with Crippen LogP contribution in [0.1, 0.15) is 19.4 Å². The third-order valence-corrected chi connectivity index (χ3v) is 3.11. The molecule has 1 N–H and O–H groups in total. The third-order valence-electron chi connectivity index (χ3n) is 3.11. The summed E-state index contributed by atoms with van der Waals surface area (Å²) in [6, 6.07) is 8.98. The zero-order chi connectivity index (χ0) is 15.7. The van der Waals surface area contributed by atoms with Crippen molar-refractivity contribution in [1.82, 2.24) is 14.3 Å².